The van der Waals surface area contributed by atoms with Gasteiger partial charge >= 0.3 is 0 Å². The molecule has 0 saturated carbocycles. The molecule has 1 aromatic carbocycles. The van der Waals surface area contributed by atoms with E-state index in [1.54, 1.807) is 4.90 Å². The lowest BCUT2D eigenvalue weighted by atomic mass is 10.1. The Balaban J connectivity index is 1.65. The third-order valence-corrected chi connectivity index (χ3v) is 4.58. The number of benzene rings is 1. The summed E-state index contributed by atoms with van der Waals surface area (Å²) in [5.74, 6) is 0.933. The van der Waals surface area contributed by atoms with Gasteiger partial charge in [-0.05, 0) is 56.9 Å². The fourth-order valence-electron chi connectivity index (χ4n) is 3.17. The molecule has 0 amide bonds. The van der Waals surface area contributed by atoms with Gasteiger partial charge in [-0.2, -0.15) is 0 Å². The van der Waals surface area contributed by atoms with E-state index in [1.165, 1.54) is 13.0 Å². The van der Waals surface area contributed by atoms with Gasteiger partial charge in [0.05, 0.1) is 13.2 Å². The van der Waals surface area contributed by atoms with Crippen molar-refractivity contribution in [2.45, 2.75) is 52.2 Å². The van der Waals surface area contributed by atoms with Crippen molar-refractivity contribution in [2.24, 2.45) is 0 Å². The highest BCUT2D eigenvalue weighted by atomic mass is 35.5. The van der Waals surface area contributed by atoms with Crippen LogP contribution in [-0.4, -0.2) is 38.4 Å². The first-order valence-electron chi connectivity index (χ1n) is 8.48. The lowest BCUT2D eigenvalue weighted by molar-refractivity contribution is -0.915. The maximum atomic E-state index is 6.12. The molecule has 2 rings (SSSR count). The number of unbranched alkanes of at least 4 members (excludes halogenated alkanes) is 1. The standard InChI is InChI=1S/C18H28ClNO2/c1-4-16-11-17(7-8-18(16)19)21-10-6-5-9-20-12-14(2)22-15(3)13-20/h7-8,11,14-15H,4-6,9-10,12-13H2,1-3H3/p+1/t14-,15-/m0/s1. The molecule has 0 aromatic heterocycles. The van der Waals surface area contributed by atoms with E-state index in [4.69, 9.17) is 21.1 Å². The molecule has 22 heavy (non-hydrogen) atoms. The first-order chi connectivity index (χ1) is 10.6. The van der Waals surface area contributed by atoms with Crippen molar-refractivity contribution >= 4 is 11.6 Å². The van der Waals surface area contributed by atoms with Gasteiger partial charge in [-0.25, -0.2) is 0 Å². The Hall–Kier alpha value is -0.770. The minimum atomic E-state index is 0.386. The molecule has 1 aromatic rings. The van der Waals surface area contributed by atoms with Crippen LogP contribution in [0.4, 0.5) is 0 Å². The highest BCUT2D eigenvalue weighted by molar-refractivity contribution is 6.31. The van der Waals surface area contributed by atoms with Crippen LogP contribution in [0.1, 0.15) is 39.2 Å². The molecular formula is C18H29ClNO2+. The molecule has 1 aliphatic heterocycles. The first kappa shape index (κ1) is 17.6. The molecule has 1 saturated heterocycles. The second-order valence-corrected chi connectivity index (χ2v) is 6.74. The number of ether oxygens (including phenoxy) is 2. The number of halogens is 1. The summed E-state index contributed by atoms with van der Waals surface area (Å²) in [5.41, 5.74) is 1.15. The average Bonchev–Trinajstić information content (AvgIpc) is 2.47. The maximum absolute atomic E-state index is 6.12. The molecule has 1 N–H and O–H groups in total. The zero-order chi connectivity index (χ0) is 15.9. The second kappa shape index (κ2) is 8.76. The lowest BCUT2D eigenvalue weighted by Crippen LogP contribution is -3.15. The number of hydrogen-bond donors (Lipinski definition) is 1. The highest BCUT2D eigenvalue weighted by Crippen LogP contribution is 2.22. The van der Waals surface area contributed by atoms with E-state index in [-0.39, 0.29) is 0 Å². The van der Waals surface area contributed by atoms with Gasteiger partial charge in [0.2, 0.25) is 0 Å². The number of aryl methyl sites for hydroxylation is 1. The van der Waals surface area contributed by atoms with Gasteiger partial charge in [-0.1, -0.05) is 18.5 Å². The zero-order valence-electron chi connectivity index (χ0n) is 14.0. The van der Waals surface area contributed by atoms with E-state index in [0.717, 1.165) is 48.9 Å². The van der Waals surface area contributed by atoms with Gasteiger partial charge in [0.15, 0.2) is 0 Å². The van der Waals surface area contributed by atoms with Crippen LogP contribution >= 0.6 is 11.6 Å². The number of morpholine rings is 1. The Kier molecular flexibility index (Phi) is 7.00. The van der Waals surface area contributed by atoms with Gasteiger partial charge in [0.1, 0.15) is 31.0 Å². The van der Waals surface area contributed by atoms with E-state index < -0.39 is 0 Å². The molecule has 0 unspecified atom stereocenters. The number of nitrogens with one attached hydrogen (secondary N) is 1. The third kappa shape index (κ3) is 5.45. The SMILES string of the molecule is CCc1cc(OCCCC[NH+]2C[C@H](C)O[C@@H](C)C2)ccc1Cl. The van der Waals surface area contributed by atoms with Crippen LogP contribution in [0.5, 0.6) is 5.75 Å². The maximum Gasteiger partial charge on any atom is 0.119 e. The van der Waals surface area contributed by atoms with Gasteiger partial charge in [-0.15, -0.1) is 0 Å². The summed E-state index contributed by atoms with van der Waals surface area (Å²) in [7, 11) is 0. The molecular weight excluding hydrogens is 298 g/mol. The van der Waals surface area contributed by atoms with Crippen LogP contribution in [0.25, 0.3) is 0 Å². The Morgan fingerprint density at radius 2 is 1.95 bits per heavy atom. The van der Waals surface area contributed by atoms with Crippen LogP contribution in [0.3, 0.4) is 0 Å². The van der Waals surface area contributed by atoms with Crippen LogP contribution in [0.15, 0.2) is 18.2 Å². The van der Waals surface area contributed by atoms with Gasteiger partial charge in [-0.3, -0.25) is 0 Å². The molecule has 3 nitrogen and oxygen atoms in total. The van der Waals surface area contributed by atoms with Gasteiger partial charge < -0.3 is 14.4 Å². The Morgan fingerprint density at radius 3 is 2.64 bits per heavy atom. The molecule has 4 heteroatoms. The minimum Gasteiger partial charge on any atom is -0.494 e. The Morgan fingerprint density at radius 1 is 1.23 bits per heavy atom. The predicted octanol–water partition coefficient (Wildman–Crippen LogP) is 2.75. The summed E-state index contributed by atoms with van der Waals surface area (Å²) >= 11 is 6.12. The van der Waals surface area contributed by atoms with Crippen molar-refractivity contribution in [2.75, 3.05) is 26.2 Å². The Labute approximate surface area is 139 Å². The van der Waals surface area contributed by atoms with Crippen molar-refractivity contribution < 1.29 is 14.4 Å². The van der Waals surface area contributed by atoms with Crippen molar-refractivity contribution in [3.05, 3.63) is 28.8 Å². The fraction of sp³-hybridized carbons (Fsp3) is 0.667. The lowest BCUT2D eigenvalue weighted by Gasteiger charge is -2.32. The molecule has 1 heterocycles. The quantitative estimate of drug-likeness (QED) is 0.779. The monoisotopic (exact) mass is 326 g/mol. The second-order valence-electron chi connectivity index (χ2n) is 6.33. The van der Waals surface area contributed by atoms with Crippen LogP contribution < -0.4 is 9.64 Å². The summed E-state index contributed by atoms with van der Waals surface area (Å²) in [6, 6.07) is 5.94. The van der Waals surface area contributed by atoms with Crippen LogP contribution in [0.2, 0.25) is 5.02 Å². The molecule has 1 aliphatic rings. The summed E-state index contributed by atoms with van der Waals surface area (Å²) < 4.78 is 11.6. The minimum absolute atomic E-state index is 0.386. The summed E-state index contributed by atoms with van der Waals surface area (Å²) in [4.78, 5) is 1.66. The van der Waals surface area contributed by atoms with E-state index in [2.05, 4.69) is 26.8 Å². The van der Waals surface area contributed by atoms with E-state index in [0.29, 0.717) is 12.2 Å². The largest absolute Gasteiger partial charge is 0.494 e. The first-order valence-corrected chi connectivity index (χ1v) is 8.86. The van der Waals surface area contributed by atoms with Gasteiger partial charge in [0, 0.05) is 5.02 Å². The third-order valence-electron chi connectivity index (χ3n) is 4.21. The zero-order valence-corrected chi connectivity index (χ0v) is 14.8. The van der Waals surface area contributed by atoms with Crippen LogP contribution in [-0.2, 0) is 11.2 Å². The van der Waals surface area contributed by atoms with E-state index >= 15 is 0 Å². The van der Waals surface area contributed by atoms with E-state index in [9.17, 15) is 0 Å². The van der Waals surface area contributed by atoms with Crippen LogP contribution in [0, 0.1) is 0 Å². The highest BCUT2D eigenvalue weighted by Gasteiger charge is 2.24. The van der Waals surface area contributed by atoms with E-state index in [1.807, 2.05) is 12.1 Å². The smallest absolute Gasteiger partial charge is 0.119 e. The molecule has 2 atom stereocenters. The molecule has 0 bridgehead atoms. The average molecular weight is 327 g/mol. The predicted molar refractivity (Wildman–Crippen MR) is 91.1 cm³/mol. The Bertz CT molecular complexity index is 456. The molecule has 0 aliphatic carbocycles. The number of hydrogen-bond acceptors (Lipinski definition) is 2. The summed E-state index contributed by atoms with van der Waals surface area (Å²) in [6.07, 6.45) is 4.00. The van der Waals surface area contributed by atoms with Crippen molar-refractivity contribution in [1.29, 1.82) is 0 Å². The normalized spacial score (nSPS) is 25.2. The fourth-order valence-corrected chi connectivity index (χ4v) is 3.42. The van der Waals surface area contributed by atoms with Crippen molar-refractivity contribution in [3.8, 4) is 5.75 Å². The topological polar surface area (TPSA) is 22.9 Å². The van der Waals surface area contributed by atoms with Crippen molar-refractivity contribution in [1.82, 2.24) is 0 Å². The summed E-state index contributed by atoms with van der Waals surface area (Å²) in [6.45, 7) is 10.7. The number of quaternary nitrogens is 1. The molecule has 1 fully saturated rings. The molecule has 0 radical (unpaired) electrons. The van der Waals surface area contributed by atoms with Crippen molar-refractivity contribution in [3.63, 3.8) is 0 Å². The summed E-state index contributed by atoms with van der Waals surface area (Å²) in [5, 5.41) is 0.828. The molecule has 0 spiro atoms. The van der Waals surface area contributed by atoms with Gasteiger partial charge in [0.25, 0.3) is 0 Å². The molecule has 124 valence electrons. The number of rotatable bonds is 7.